The maximum absolute atomic E-state index is 13.2. The van der Waals surface area contributed by atoms with Crippen molar-refractivity contribution in [1.82, 2.24) is 14.7 Å². The molecule has 10 nitrogen and oxygen atoms in total. The predicted octanol–water partition coefficient (Wildman–Crippen LogP) is 1.60. The third-order valence-corrected chi connectivity index (χ3v) is 5.83. The Morgan fingerprint density at radius 1 is 0.771 bits per heavy atom. The molecule has 200 valence electrons. The van der Waals surface area contributed by atoms with Crippen molar-refractivity contribution in [2.24, 2.45) is 0 Å². The minimum Gasteiger partial charge on any atom is -0.458 e. The molecule has 2 atom stereocenters. The Labute approximate surface area is 209 Å². The topological polar surface area (TPSA) is 106 Å². The summed E-state index contributed by atoms with van der Waals surface area (Å²) in [5, 5.41) is 0. The lowest BCUT2D eigenvalue weighted by Crippen LogP contribution is -2.51. The smallest absolute Gasteiger partial charge is 0.329 e. The molecule has 10 heteroatoms. The van der Waals surface area contributed by atoms with Crippen LogP contribution in [0.5, 0.6) is 0 Å². The first-order chi connectivity index (χ1) is 16.2. The highest BCUT2D eigenvalue weighted by atomic mass is 16.6. The highest BCUT2D eigenvalue weighted by molar-refractivity contribution is 5.88. The molecule has 0 radical (unpaired) electrons. The molecule has 0 saturated carbocycles. The summed E-state index contributed by atoms with van der Waals surface area (Å²) < 4.78 is 16.2. The Morgan fingerprint density at radius 2 is 1.17 bits per heavy atom. The van der Waals surface area contributed by atoms with Crippen molar-refractivity contribution in [3.63, 3.8) is 0 Å². The van der Waals surface area contributed by atoms with E-state index < -0.39 is 35.2 Å². The van der Waals surface area contributed by atoms with Gasteiger partial charge in [-0.25, -0.2) is 9.59 Å². The Morgan fingerprint density at radius 3 is 1.51 bits per heavy atom. The average Bonchev–Trinajstić information content (AvgIpc) is 3.38. The monoisotopic (exact) mass is 497 g/mol. The van der Waals surface area contributed by atoms with E-state index in [1.165, 1.54) is 0 Å². The van der Waals surface area contributed by atoms with Crippen molar-refractivity contribution in [3.05, 3.63) is 0 Å². The van der Waals surface area contributed by atoms with Crippen LogP contribution in [-0.4, -0.2) is 108 Å². The number of ether oxygens (including phenoxy) is 3. The summed E-state index contributed by atoms with van der Waals surface area (Å²) >= 11 is 0. The number of methoxy groups -OCH3 is 1. The van der Waals surface area contributed by atoms with Gasteiger partial charge in [-0.1, -0.05) is 0 Å². The van der Waals surface area contributed by atoms with Crippen LogP contribution in [0.15, 0.2) is 0 Å². The zero-order valence-corrected chi connectivity index (χ0v) is 22.4. The highest BCUT2D eigenvalue weighted by Crippen LogP contribution is 2.23. The molecule has 2 amide bonds. The van der Waals surface area contributed by atoms with E-state index in [-0.39, 0.29) is 24.9 Å². The molecule has 2 aliphatic rings. The largest absolute Gasteiger partial charge is 0.458 e. The molecule has 0 N–H and O–H groups in total. The molecule has 2 heterocycles. The number of nitrogens with zero attached hydrogens (tertiary/aromatic N) is 3. The number of likely N-dealkylation sites (tertiary alicyclic amines) is 2. The maximum atomic E-state index is 13.2. The first kappa shape index (κ1) is 29.0. The van der Waals surface area contributed by atoms with Crippen molar-refractivity contribution in [2.45, 2.75) is 90.5 Å². The number of hydrogen-bond acceptors (Lipinski definition) is 8. The van der Waals surface area contributed by atoms with Crippen molar-refractivity contribution < 1.29 is 33.4 Å². The van der Waals surface area contributed by atoms with Crippen molar-refractivity contribution in [3.8, 4) is 0 Å². The van der Waals surface area contributed by atoms with Crippen LogP contribution in [0, 0.1) is 0 Å². The van der Waals surface area contributed by atoms with Gasteiger partial charge in [0.05, 0.1) is 19.7 Å². The van der Waals surface area contributed by atoms with Gasteiger partial charge in [-0.15, -0.1) is 0 Å². The minimum atomic E-state index is -0.633. The van der Waals surface area contributed by atoms with Gasteiger partial charge in [0.15, 0.2) is 0 Å². The number of hydrogen-bond donors (Lipinski definition) is 0. The SMILES string of the molecule is COCCN(CC(=O)N1CCCC1C(=O)OC(C)(C)C)CC(=O)N1CCCC1C(=O)OC(C)(C)C. The van der Waals surface area contributed by atoms with Crippen molar-refractivity contribution >= 4 is 23.8 Å². The predicted molar refractivity (Wildman–Crippen MR) is 129 cm³/mol. The number of carbonyl (C=O) groups excluding carboxylic acids is 4. The van der Waals surface area contributed by atoms with Gasteiger partial charge in [0.2, 0.25) is 11.8 Å². The fraction of sp³-hybridized carbons (Fsp3) is 0.840. The molecule has 0 aromatic rings. The van der Waals surface area contributed by atoms with E-state index in [1.54, 1.807) is 63.4 Å². The van der Waals surface area contributed by atoms with E-state index in [1.807, 2.05) is 0 Å². The standard InChI is InChI=1S/C25H43N3O7/c1-24(2,3)34-22(31)18-10-8-12-27(18)20(29)16-26(14-15-33-7)17-21(30)28-13-9-11-19(28)23(32)35-25(4,5)6/h18-19H,8-17H2,1-7H3. The van der Waals surface area contributed by atoms with E-state index in [2.05, 4.69) is 0 Å². The summed E-state index contributed by atoms with van der Waals surface area (Å²) in [5.41, 5.74) is -1.27. The minimum absolute atomic E-state index is 0.0284. The lowest BCUT2D eigenvalue weighted by atomic mass is 10.1. The zero-order chi connectivity index (χ0) is 26.4. The van der Waals surface area contributed by atoms with E-state index in [0.717, 1.165) is 12.8 Å². The van der Waals surface area contributed by atoms with E-state index in [0.29, 0.717) is 39.1 Å². The Bertz CT molecular complexity index is 712. The summed E-state index contributed by atoms with van der Waals surface area (Å²) in [6.45, 7) is 12.4. The molecule has 35 heavy (non-hydrogen) atoms. The fourth-order valence-electron chi connectivity index (χ4n) is 4.36. The lowest BCUT2D eigenvalue weighted by Gasteiger charge is -2.31. The normalized spacial score (nSPS) is 20.9. The average molecular weight is 498 g/mol. The summed E-state index contributed by atoms with van der Waals surface area (Å²) in [7, 11) is 1.56. The summed E-state index contributed by atoms with van der Waals surface area (Å²) in [5.74, 6) is -1.26. The van der Waals surface area contributed by atoms with Gasteiger partial charge in [-0.05, 0) is 67.2 Å². The second-order valence-corrected chi connectivity index (χ2v) is 11.3. The van der Waals surface area contributed by atoms with Crippen LogP contribution < -0.4 is 0 Å². The lowest BCUT2D eigenvalue weighted by molar-refractivity contribution is -0.163. The number of carbonyl (C=O) groups is 4. The van der Waals surface area contributed by atoms with Gasteiger partial charge in [-0.3, -0.25) is 14.5 Å². The third-order valence-electron chi connectivity index (χ3n) is 5.83. The summed E-state index contributed by atoms with van der Waals surface area (Å²) in [6, 6.07) is -1.23. The Hall–Kier alpha value is -2.20. The molecule has 0 aromatic heterocycles. The van der Waals surface area contributed by atoms with Gasteiger partial charge in [-0.2, -0.15) is 0 Å². The van der Waals surface area contributed by atoms with Crippen LogP contribution >= 0.6 is 0 Å². The zero-order valence-electron chi connectivity index (χ0n) is 22.4. The maximum Gasteiger partial charge on any atom is 0.329 e. The van der Waals surface area contributed by atoms with E-state index in [4.69, 9.17) is 14.2 Å². The second-order valence-electron chi connectivity index (χ2n) is 11.3. The molecule has 0 aromatic carbocycles. The molecule has 2 fully saturated rings. The summed E-state index contributed by atoms with van der Waals surface area (Å²) in [6.07, 6.45) is 2.56. The van der Waals surface area contributed by atoms with Crippen LogP contribution in [0.4, 0.5) is 0 Å². The number of esters is 2. The van der Waals surface area contributed by atoms with Gasteiger partial charge in [0.1, 0.15) is 23.3 Å². The third kappa shape index (κ3) is 9.07. The van der Waals surface area contributed by atoms with Gasteiger partial charge < -0.3 is 24.0 Å². The van der Waals surface area contributed by atoms with E-state index in [9.17, 15) is 19.2 Å². The van der Waals surface area contributed by atoms with Gasteiger partial charge in [0, 0.05) is 26.7 Å². The molecule has 0 aliphatic carbocycles. The quantitative estimate of drug-likeness (QED) is 0.443. The first-order valence-electron chi connectivity index (χ1n) is 12.5. The number of rotatable bonds is 9. The van der Waals surface area contributed by atoms with E-state index >= 15 is 0 Å². The molecule has 0 bridgehead atoms. The Balaban J connectivity index is 2.04. The molecular weight excluding hydrogens is 454 g/mol. The van der Waals surface area contributed by atoms with Crippen molar-refractivity contribution in [2.75, 3.05) is 46.4 Å². The van der Waals surface area contributed by atoms with Crippen LogP contribution in [0.1, 0.15) is 67.2 Å². The van der Waals surface area contributed by atoms with Gasteiger partial charge in [0.25, 0.3) is 0 Å². The molecule has 2 saturated heterocycles. The van der Waals surface area contributed by atoms with Crippen LogP contribution in [0.3, 0.4) is 0 Å². The Kier molecular flexibility index (Phi) is 10.1. The van der Waals surface area contributed by atoms with Crippen molar-refractivity contribution in [1.29, 1.82) is 0 Å². The highest BCUT2D eigenvalue weighted by Gasteiger charge is 2.39. The number of amides is 2. The molecule has 2 unspecified atom stereocenters. The van der Waals surface area contributed by atoms with Crippen LogP contribution in [0.2, 0.25) is 0 Å². The summed E-state index contributed by atoms with van der Waals surface area (Å²) in [4.78, 5) is 56.4. The molecular formula is C25H43N3O7. The molecule has 2 rings (SSSR count). The second kappa shape index (κ2) is 12.2. The first-order valence-corrected chi connectivity index (χ1v) is 12.5. The van der Waals surface area contributed by atoms with Crippen LogP contribution in [0.25, 0.3) is 0 Å². The fourth-order valence-corrected chi connectivity index (χ4v) is 4.36. The molecule has 0 spiro atoms. The molecule has 2 aliphatic heterocycles. The van der Waals surface area contributed by atoms with Crippen LogP contribution in [-0.2, 0) is 33.4 Å². The van der Waals surface area contributed by atoms with Gasteiger partial charge >= 0.3 is 11.9 Å².